The van der Waals surface area contributed by atoms with Gasteiger partial charge in [-0.05, 0) is 18.8 Å². The van der Waals surface area contributed by atoms with E-state index in [2.05, 4.69) is 20.9 Å². The fourth-order valence-electron chi connectivity index (χ4n) is 1.17. The molecule has 75 valence electrons. The molecule has 1 aliphatic rings. The number of halogens is 2. The second kappa shape index (κ2) is 3.86. The Bertz CT molecular complexity index is 296. The van der Waals surface area contributed by atoms with Crippen LogP contribution in [-0.2, 0) is 6.42 Å². The van der Waals surface area contributed by atoms with Gasteiger partial charge in [-0.3, -0.25) is 0 Å². The highest BCUT2D eigenvalue weighted by Crippen LogP contribution is 2.31. The number of nitrogens with zero attached hydrogens (tertiary/aromatic N) is 2. The van der Waals surface area contributed by atoms with Gasteiger partial charge in [0.1, 0.15) is 5.82 Å². The molecular weight excluding hydrogens is 190 g/mol. The zero-order valence-electron chi connectivity index (χ0n) is 7.41. The van der Waals surface area contributed by atoms with E-state index in [4.69, 9.17) is 0 Å². The van der Waals surface area contributed by atoms with Crippen LogP contribution in [0.3, 0.4) is 0 Å². The monoisotopic (exact) mass is 199 g/mol. The van der Waals surface area contributed by atoms with Crippen LogP contribution >= 0.6 is 0 Å². The molecule has 1 aromatic heterocycles. The molecule has 5 heteroatoms. The van der Waals surface area contributed by atoms with Crippen molar-refractivity contribution in [1.29, 1.82) is 0 Å². The first-order valence-corrected chi connectivity index (χ1v) is 4.43. The lowest BCUT2D eigenvalue weighted by Gasteiger charge is -2.03. The lowest BCUT2D eigenvalue weighted by Crippen LogP contribution is -2.06. The van der Waals surface area contributed by atoms with Crippen molar-refractivity contribution in [1.82, 2.24) is 9.97 Å². The van der Waals surface area contributed by atoms with Crippen molar-refractivity contribution in [3.05, 3.63) is 18.1 Å². The van der Waals surface area contributed by atoms with Crippen LogP contribution in [-0.4, -0.2) is 16.6 Å². The standard InChI is InChI=1S/C9H9F2N2O/c10-9(11)14-8-3-4-12-7(13-8)5-6-1-2-6/h3,6,9H,1-2,5H2. The third kappa shape index (κ3) is 2.61. The van der Waals surface area contributed by atoms with E-state index >= 15 is 0 Å². The van der Waals surface area contributed by atoms with Gasteiger partial charge in [0.2, 0.25) is 5.88 Å². The minimum absolute atomic E-state index is 0.106. The molecule has 2 rings (SSSR count). The Morgan fingerprint density at radius 1 is 1.57 bits per heavy atom. The maximum atomic E-state index is 11.8. The molecule has 1 aliphatic carbocycles. The third-order valence-electron chi connectivity index (χ3n) is 2.00. The van der Waals surface area contributed by atoms with Crippen LogP contribution < -0.4 is 4.74 Å². The van der Waals surface area contributed by atoms with E-state index in [0.29, 0.717) is 11.7 Å². The van der Waals surface area contributed by atoms with Crippen LogP contribution in [0.4, 0.5) is 8.78 Å². The molecular formula is C9H9F2N2O. The van der Waals surface area contributed by atoms with Crippen LogP contribution in [0.15, 0.2) is 6.07 Å². The number of hydrogen-bond donors (Lipinski definition) is 0. The van der Waals surface area contributed by atoms with Crippen molar-refractivity contribution in [2.75, 3.05) is 0 Å². The molecule has 0 amide bonds. The van der Waals surface area contributed by atoms with Crippen LogP contribution in [0, 0.1) is 12.1 Å². The Morgan fingerprint density at radius 3 is 3.00 bits per heavy atom. The maximum Gasteiger partial charge on any atom is 0.388 e. The summed E-state index contributed by atoms with van der Waals surface area (Å²) in [6.45, 7) is -2.84. The molecule has 0 unspecified atom stereocenters. The van der Waals surface area contributed by atoms with Crippen molar-refractivity contribution in [3.63, 3.8) is 0 Å². The van der Waals surface area contributed by atoms with Crippen molar-refractivity contribution in [3.8, 4) is 5.88 Å². The van der Waals surface area contributed by atoms with Crippen molar-refractivity contribution in [2.24, 2.45) is 5.92 Å². The summed E-state index contributed by atoms with van der Waals surface area (Å²) in [5.41, 5.74) is 0. The normalized spacial score (nSPS) is 15.9. The quantitative estimate of drug-likeness (QED) is 0.742. The molecule has 1 aromatic rings. The van der Waals surface area contributed by atoms with Crippen LogP contribution in [0.2, 0.25) is 0 Å². The fourth-order valence-corrected chi connectivity index (χ4v) is 1.17. The van der Waals surface area contributed by atoms with Crippen LogP contribution in [0.1, 0.15) is 18.7 Å². The van der Waals surface area contributed by atoms with Gasteiger partial charge in [0.25, 0.3) is 0 Å². The first-order chi connectivity index (χ1) is 6.74. The summed E-state index contributed by atoms with van der Waals surface area (Å²) < 4.78 is 27.8. The van der Waals surface area contributed by atoms with Gasteiger partial charge in [-0.15, -0.1) is 0 Å². The Morgan fingerprint density at radius 2 is 2.36 bits per heavy atom. The second-order valence-electron chi connectivity index (χ2n) is 3.28. The van der Waals surface area contributed by atoms with E-state index in [0.717, 1.165) is 6.42 Å². The summed E-state index contributed by atoms with van der Waals surface area (Å²) in [7, 11) is 0. The minimum Gasteiger partial charge on any atom is -0.417 e. The van der Waals surface area contributed by atoms with Gasteiger partial charge in [-0.1, -0.05) is 0 Å². The van der Waals surface area contributed by atoms with E-state index in [1.807, 2.05) is 0 Å². The molecule has 3 nitrogen and oxygen atoms in total. The van der Waals surface area contributed by atoms with Gasteiger partial charge in [0.15, 0.2) is 0 Å². The highest BCUT2D eigenvalue weighted by molar-refractivity contribution is 5.08. The molecule has 0 aromatic carbocycles. The Kier molecular flexibility index (Phi) is 2.56. The molecule has 0 aliphatic heterocycles. The predicted molar refractivity (Wildman–Crippen MR) is 43.9 cm³/mol. The molecule has 1 radical (unpaired) electrons. The smallest absolute Gasteiger partial charge is 0.388 e. The van der Waals surface area contributed by atoms with Gasteiger partial charge >= 0.3 is 6.61 Å². The summed E-state index contributed by atoms with van der Waals surface area (Å²) in [5, 5.41) is 0. The number of hydrogen-bond acceptors (Lipinski definition) is 3. The number of aromatic nitrogens is 2. The molecule has 0 saturated heterocycles. The lowest BCUT2D eigenvalue weighted by atomic mass is 10.3. The van der Waals surface area contributed by atoms with Crippen molar-refractivity contribution in [2.45, 2.75) is 25.9 Å². The average molecular weight is 199 g/mol. The molecule has 0 atom stereocenters. The SMILES string of the molecule is FC(F)Oc1c[c]nc(CC2CC2)n1. The first kappa shape index (κ1) is 9.30. The van der Waals surface area contributed by atoms with Crippen LogP contribution in [0.5, 0.6) is 5.88 Å². The van der Waals surface area contributed by atoms with Crippen LogP contribution in [0.25, 0.3) is 0 Å². The molecule has 14 heavy (non-hydrogen) atoms. The van der Waals surface area contributed by atoms with Gasteiger partial charge in [0, 0.05) is 12.5 Å². The summed E-state index contributed by atoms with van der Waals surface area (Å²) >= 11 is 0. The average Bonchev–Trinajstić information content (AvgIpc) is 2.87. The van der Waals surface area contributed by atoms with E-state index in [1.165, 1.54) is 18.9 Å². The molecule has 1 fully saturated rings. The van der Waals surface area contributed by atoms with Gasteiger partial charge < -0.3 is 4.74 Å². The topological polar surface area (TPSA) is 35.0 Å². The summed E-state index contributed by atoms with van der Waals surface area (Å²) in [5.74, 6) is 1.04. The van der Waals surface area contributed by atoms with Gasteiger partial charge in [-0.25, -0.2) is 4.98 Å². The Hall–Kier alpha value is -1.26. The van der Waals surface area contributed by atoms with Crippen molar-refractivity contribution >= 4 is 0 Å². The van der Waals surface area contributed by atoms with E-state index in [1.54, 1.807) is 0 Å². The largest absolute Gasteiger partial charge is 0.417 e. The predicted octanol–water partition coefficient (Wildman–Crippen LogP) is 1.83. The zero-order chi connectivity index (χ0) is 9.97. The summed E-state index contributed by atoms with van der Waals surface area (Å²) in [6.07, 6.45) is 5.57. The lowest BCUT2D eigenvalue weighted by molar-refractivity contribution is -0.0530. The Labute approximate surface area is 80.1 Å². The molecule has 0 bridgehead atoms. The highest BCUT2D eigenvalue weighted by Gasteiger charge is 2.23. The highest BCUT2D eigenvalue weighted by atomic mass is 19.3. The number of ether oxygens (including phenoxy) is 1. The zero-order valence-corrected chi connectivity index (χ0v) is 7.41. The van der Waals surface area contributed by atoms with E-state index < -0.39 is 6.61 Å². The molecule has 0 spiro atoms. The second-order valence-corrected chi connectivity index (χ2v) is 3.28. The van der Waals surface area contributed by atoms with Gasteiger partial charge in [-0.2, -0.15) is 13.8 Å². The van der Waals surface area contributed by atoms with Gasteiger partial charge in [0.05, 0.1) is 6.20 Å². The molecule has 1 heterocycles. The van der Waals surface area contributed by atoms with E-state index in [-0.39, 0.29) is 5.88 Å². The fraction of sp³-hybridized carbons (Fsp3) is 0.556. The number of alkyl halides is 2. The third-order valence-corrected chi connectivity index (χ3v) is 2.00. The van der Waals surface area contributed by atoms with E-state index in [9.17, 15) is 8.78 Å². The van der Waals surface area contributed by atoms with Crippen molar-refractivity contribution < 1.29 is 13.5 Å². The summed E-state index contributed by atoms with van der Waals surface area (Å²) in [4.78, 5) is 7.71. The Balaban J connectivity index is 2.01. The molecule has 0 N–H and O–H groups in total. The maximum absolute atomic E-state index is 11.8. The number of rotatable bonds is 4. The minimum atomic E-state index is -2.84. The summed E-state index contributed by atoms with van der Waals surface area (Å²) in [6, 6.07) is 1.21. The first-order valence-electron chi connectivity index (χ1n) is 4.43. The molecule has 1 saturated carbocycles.